The Balaban J connectivity index is 1.64. The number of hydrogen-bond acceptors (Lipinski definition) is 3. The Bertz CT molecular complexity index is 1470. The normalized spacial score (nSPS) is 10.9. The number of thiophene rings is 1. The molecule has 1 N–H and O–H groups in total. The van der Waals surface area contributed by atoms with Gasteiger partial charge >= 0.3 is 0 Å². The van der Waals surface area contributed by atoms with Crippen molar-refractivity contribution in [1.82, 2.24) is 9.38 Å². The van der Waals surface area contributed by atoms with E-state index < -0.39 is 0 Å². The number of imidazole rings is 1. The molecular formula is C28H22ClN3S. The van der Waals surface area contributed by atoms with Crippen molar-refractivity contribution in [3.8, 4) is 33.4 Å². The lowest BCUT2D eigenvalue weighted by Gasteiger charge is -2.10. The van der Waals surface area contributed by atoms with Gasteiger partial charge in [-0.3, -0.25) is 4.40 Å². The minimum Gasteiger partial charge on any atom is -0.365 e. The first-order chi connectivity index (χ1) is 16.2. The van der Waals surface area contributed by atoms with Gasteiger partial charge in [-0.1, -0.05) is 73.0 Å². The number of nitrogens with zero attached hydrogens (tertiary/aromatic N) is 2. The summed E-state index contributed by atoms with van der Waals surface area (Å²) in [5.41, 5.74) is 6.01. The number of fused-ring (bicyclic) bond motifs is 1. The minimum absolute atomic E-state index is 0.582. The first-order valence-corrected chi connectivity index (χ1v) is 12.0. The summed E-state index contributed by atoms with van der Waals surface area (Å²) in [5.74, 6) is 3.78. The standard InChI is InChI=1S/C28H22ClN3S/c1-3-19-14-15-32-25(16-19)31-26(28(32)30-18-22-12-8-9-13-23(22)29)27-20(4-2)17-24(33-27)21-10-6-5-7-11-21/h2,5-17,30H,3,18H2,1H3. The van der Waals surface area contributed by atoms with E-state index in [4.69, 9.17) is 23.0 Å². The number of anilines is 1. The molecule has 3 heterocycles. The molecule has 0 aliphatic carbocycles. The molecular weight excluding hydrogens is 446 g/mol. The molecule has 0 fully saturated rings. The van der Waals surface area contributed by atoms with Gasteiger partial charge in [0.05, 0.1) is 4.88 Å². The van der Waals surface area contributed by atoms with Gasteiger partial charge in [-0.25, -0.2) is 4.98 Å². The molecule has 3 aromatic heterocycles. The summed E-state index contributed by atoms with van der Waals surface area (Å²) in [4.78, 5) is 7.14. The minimum atomic E-state index is 0.582. The number of nitrogens with one attached hydrogen (secondary N) is 1. The zero-order valence-electron chi connectivity index (χ0n) is 18.2. The lowest BCUT2D eigenvalue weighted by Crippen LogP contribution is -2.04. The molecule has 0 radical (unpaired) electrons. The lowest BCUT2D eigenvalue weighted by atomic mass is 10.1. The van der Waals surface area contributed by atoms with E-state index in [1.165, 1.54) is 5.56 Å². The van der Waals surface area contributed by atoms with Crippen LogP contribution in [0.5, 0.6) is 0 Å². The summed E-state index contributed by atoms with van der Waals surface area (Å²) >= 11 is 8.08. The van der Waals surface area contributed by atoms with Gasteiger partial charge < -0.3 is 5.32 Å². The van der Waals surface area contributed by atoms with Crippen LogP contribution in [0.1, 0.15) is 23.6 Å². The zero-order valence-corrected chi connectivity index (χ0v) is 19.8. The van der Waals surface area contributed by atoms with E-state index in [2.05, 4.69) is 59.1 Å². The number of aromatic nitrogens is 2. The van der Waals surface area contributed by atoms with Gasteiger partial charge in [0.1, 0.15) is 17.2 Å². The summed E-state index contributed by atoms with van der Waals surface area (Å²) in [6.45, 7) is 2.73. The second kappa shape index (κ2) is 9.15. The molecule has 0 amide bonds. The maximum atomic E-state index is 6.41. The van der Waals surface area contributed by atoms with Crippen molar-refractivity contribution in [3.63, 3.8) is 0 Å². The van der Waals surface area contributed by atoms with E-state index in [1.54, 1.807) is 11.3 Å². The van der Waals surface area contributed by atoms with E-state index in [-0.39, 0.29) is 0 Å². The second-order valence-electron chi connectivity index (χ2n) is 7.73. The molecule has 5 heteroatoms. The van der Waals surface area contributed by atoms with Crippen molar-refractivity contribution >= 4 is 34.4 Å². The van der Waals surface area contributed by atoms with Crippen LogP contribution in [0, 0.1) is 12.3 Å². The molecule has 0 saturated heterocycles. The van der Waals surface area contributed by atoms with Crippen molar-refractivity contribution in [2.45, 2.75) is 19.9 Å². The topological polar surface area (TPSA) is 29.3 Å². The molecule has 162 valence electrons. The highest BCUT2D eigenvalue weighted by molar-refractivity contribution is 7.19. The van der Waals surface area contributed by atoms with Gasteiger partial charge in [0.2, 0.25) is 0 Å². The fourth-order valence-electron chi connectivity index (χ4n) is 3.87. The van der Waals surface area contributed by atoms with E-state index in [9.17, 15) is 0 Å². The van der Waals surface area contributed by atoms with Gasteiger partial charge in [-0.2, -0.15) is 0 Å². The van der Waals surface area contributed by atoms with Crippen molar-refractivity contribution in [2.75, 3.05) is 5.32 Å². The first-order valence-electron chi connectivity index (χ1n) is 10.8. The third kappa shape index (κ3) is 4.14. The van der Waals surface area contributed by atoms with Crippen LogP contribution < -0.4 is 5.32 Å². The largest absolute Gasteiger partial charge is 0.365 e. The predicted molar refractivity (Wildman–Crippen MR) is 140 cm³/mol. The third-order valence-electron chi connectivity index (χ3n) is 5.66. The summed E-state index contributed by atoms with van der Waals surface area (Å²) in [5, 5.41) is 4.32. The Kier molecular flexibility index (Phi) is 5.92. The van der Waals surface area contributed by atoms with Crippen LogP contribution in [0.4, 0.5) is 5.82 Å². The summed E-state index contributed by atoms with van der Waals surface area (Å²) in [6.07, 6.45) is 8.96. The van der Waals surface area contributed by atoms with Crippen LogP contribution in [0.15, 0.2) is 79.0 Å². The second-order valence-corrected chi connectivity index (χ2v) is 9.19. The molecule has 0 aliphatic rings. The van der Waals surface area contributed by atoms with Gasteiger partial charge in [0.25, 0.3) is 0 Å². The molecule has 0 bridgehead atoms. The highest BCUT2D eigenvalue weighted by Crippen LogP contribution is 2.41. The van der Waals surface area contributed by atoms with Crippen LogP contribution in [0.25, 0.3) is 26.7 Å². The molecule has 0 spiro atoms. The molecule has 5 aromatic rings. The quantitative estimate of drug-likeness (QED) is 0.261. The molecule has 2 aromatic carbocycles. The number of hydrogen-bond donors (Lipinski definition) is 1. The van der Waals surface area contributed by atoms with Gasteiger partial charge in [-0.15, -0.1) is 17.8 Å². The fraction of sp³-hybridized carbons (Fsp3) is 0.107. The van der Waals surface area contributed by atoms with Crippen molar-refractivity contribution in [2.24, 2.45) is 0 Å². The summed E-state index contributed by atoms with van der Waals surface area (Å²) < 4.78 is 2.09. The maximum absolute atomic E-state index is 6.41. The smallest absolute Gasteiger partial charge is 0.140 e. The van der Waals surface area contributed by atoms with Crippen molar-refractivity contribution in [1.29, 1.82) is 0 Å². The molecule has 0 aliphatic heterocycles. The van der Waals surface area contributed by atoms with Gasteiger partial charge in [-0.05, 0) is 47.4 Å². The SMILES string of the molecule is C#Cc1cc(-c2ccccc2)sc1-c1nc2cc(CC)ccn2c1NCc1ccccc1Cl. The first kappa shape index (κ1) is 21.3. The average molecular weight is 468 g/mol. The maximum Gasteiger partial charge on any atom is 0.140 e. The predicted octanol–water partition coefficient (Wildman–Crippen LogP) is 7.54. The highest BCUT2D eigenvalue weighted by Gasteiger charge is 2.20. The Hall–Kier alpha value is -3.52. The molecule has 0 saturated carbocycles. The van der Waals surface area contributed by atoms with E-state index in [1.807, 2.05) is 42.5 Å². The number of terminal acetylenes is 1. The molecule has 0 atom stereocenters. The van der Waals surface area contributed by atoms with E-state index in [0.717, 1.165) is 55.0 Å². The van der Waals surface area contributed by atoms with Gasteiger partial charge in [0, 0.05) is 28.2 Å². The van der Waals surface area contributed by atoms with Crippen LogP contribution in [0.2, 0.25) is 5.02 Å². The Labute approximate surface area is 202 Å². The Morgan fingerprint density at radius 2 is 1.85 bits per heavy atom. The molecule has 33 heavy (non-hydrogen) atoms. The summed E-state index contributed by atoms with van der Waals surface area (Å²) in [6, 6.07) is 24.5. The van der Waals surface area contributed by atoms with E-state index >= 15 is 0 Å². The molecule has 0 unspecified atom stereocenters. The van der Waals surface area contributed by atoms with E-state index in [0.29, 0.717) is 6.54 Å². The number of aryl methyl sites for hydroxylation is 1. The number of halogens is 1. The van der Waals surface area contributed by atoms with Crippen LogP contribution in [-0.2, 0) is 13.0 Å². The van der Waals surface area contributed by atoms with Crippen molar-refractivity contribution in [3.05, 3.63) is 101 Å². The van der Waals surface area contributed by atoms with Crippen molar-refractivity contribution < 1.29 is 0 Å². The average Bonchev–Trinajstić information content (AvgIpc) is 3.45. The number of pyridine rings is 1. The Morgan fingerprint density at radius 1 is 1.06 bits per heavy atom. The number of benzene rings is 2. The van der Waals surface area contributed by atoms with Crippen LogP contribution in [0.3, 0.4) is 0 Å². The highest BCUT2D eigenvalue weighted by atomic mass is 35.5. The van der Waals surface area contributed by atoms with Crippen LogP contribution in [-0.4, -0.2) is 9.38 Å². The zero-order chi connectivity index (χ0) is 22.8. The third-order valence-corrected chi connectivity index (χ3v) is 7.22. The van der Waals surface area contributed by atoms with Crippen LogP contribution >= 0.6 is 22.9 Å². The molecule has 5 rings (SSSR count). The summed E-state index contributed by atoms with van der Waals surface area (Å²) in [7, 11) is 0. The number of rotatable bonds is 6. The Morgan fingerprint density at radius 3 is 2.61 bits per heavy atom. The lowest BCUT2D eigenvalue weighted by molar-refractivity contribution is 1.06. The van der Waals surface area contributed by atoms with Gasteiger partial charge in [0.15, 0.2) is 0 Å². The monoisotopic (exact) mass is 467 g/mol. The molecule has 3 nitrogen and oxygen atoms in total. The fourth-order valence-corrected chi connectivity index (χ4v) is 5.19.